The standard InChI is InChI=1S/C19H22N4OS2/c1-3-4-10-21-14(24)11-13-16(20)15-17(12-8-6-5-7-9-12)22-19(25-2)23-18(15)26-13/h5-9H,3-4,10-11,20H2,1-2H3,(H,21,24). The lowest BCUT2D eigenvalue weighted by atomic mass is 10.1. The quantitative estimate of drug-likeness (QED) is 0.363. The third-order valence-corrected chi connectivity index (χ3v) is 5.70. The molecule has 3 N–H and O–H groups in total. The molecule has 0 bridgehead atoms. The Hall–Kier alpha value is -2.12. The van der Waals surface area contributed by atoms with Gasteiger partial charge in [0.1, 0.15) is 4.83 Å². The van der Waals surface area contributed by atoms with Crippen LogP contribution in [0.15, 0.2) is 35.5 Å². The number of thioether (sulfide) groups is 1. The van der Waals surface area contributed by atoms with Crippen molar-refractivity contribution in [1.82, 2.24) is 15.3 Å². The zero-order valence-electron chi connectivity index (χ0n) is 14.9. The van der Waals surface area contributed by atoms with Gasteiger partial charge in [-0.15, -0.1) is 11.3 Å². The monoisotopic (exact) mass is 386 g/mol. The molecule has 136 valence electrons. The van der Waals surface area contributed by atoms with Crippen molar-refractivity contribution in [2.24, 2.45) is 0 Å². The number of hydrogen-bond donors (Lipinski definition) is 2. The summed E-state index contributed by atoms with van der Waals surface area (Å²) in [6, 6.07) is 9.96. The van der Waals surface area contributed by atoms with Gasteiger partial charge in [0.15, 0.2) is 5.16 Å². The maximum atomic E-state index is 12.2. The molecule has 2 heterocycles. The van der Waals surface area contributed by atoms with Crippen molar-refractivity contribution in [3.05, 3.63) is 35.2 Å². The number of aromatic nitrogens is 2. The van der Waals surface area contributed by atoms with Crippen molar-refractivity contribution < 1.29 is 4.79 Å². The van der Waals surface area contributed by atoms with Crippen LogP contribution in [-0.4, -0.2) is 28.7 Å². The SMILES string of the molecule is CCCCNC(=O)Cc1sc2nc(SC)nc(-c3ccccc3)c2c1N. The molecule has 1 amide bonds. The Kier molecular flexibility index (Phi) is 6.11. The van der Waals surface area contributed by atoms with Crippen LogP contribution in [0.5, 0.6) is 0 Å². The van der Waals surface area contributed by atoms with Crippen molar-refractivity contribution in [2.75, 3.05) is 18.5 Å². The lowest BCUT2D eigenvalue weighted by Crippen LogP contribution is -2.25. The number of unbranched alkanes of at least 4 members (excludes halogenated alkanes) is 1. The van der Waals surface area contributed by atoms with Gasteiger partial charge in [-0.05, 0) is 12.7 Å². The average Bonchev–Trinajstić information content (AvgIpc) is 2.97. The van der Waals surface area contributed by atoms with Gasteiger partial charge < -0.3 is 11.1 Å². The van der Waals surface area contributed by atoms with E-state index in [9.17, 15) is 4.79 Å². The topological polar surface area (TPSA) is 80.9 Å². The molecule has 0 fully saturated rings. The number of nitrogens with one attached hydrogen (secondary N) is 1. The summed E-state index contributed by atoms with van der Waals surface area (Å²) in [5.74, 6) is -0.00369. The second-order valence-corrected chi connectivity index (χ2v) is 7.78. The number of rotatable bonds is 7. The van der Waals surface area contributed by atoms with Gasteiger partial charge in [-0.2, -0.15) is 0 Å². The number of carbonyl (C=O) groups excluding carboxylic acids is 1. The lowest BCUT2D eigenvalue weighted by Gasteiger charge is -2.06. The molecule has 0 saturated carbocycles. The Morgan fingerprint density at radius 2 is 2.04 bits per heavy atom. The van der Waals surface area contributed by atoms with Crippen LogP contribution in [0.25, 0.3) is 21.5 Å². The van der Waals surface area contributed by atoms with Crippen LogP contribution >= 0.6 is 23.1 Å². The van der Waals surface area contributed by atoms with E-state index in [1.807, 2.05) is 36.6 Å². The largest absolute Gasteiger partial charge is 0.397 e. The highest BCUT2D eigenvalue weighted by atomic mass is 32.2. The van der Waals surface area contributed by atoms with Crippen LogP contribution in [0.3, 0.4) is 0 Å². The molecule has 2 aromatic heterocycles. The molecular weight excluding hydrogens is 364 g/mol. The maximum absolute atomic E-state index is 12.2. The van der Waals surface area contributed by atoms with Gasteiger partial charge in [0.2, 0.25) is 5.91 Å². The van der Waals surface area contributed by atoms with E-state index >= 15 is 0 Å². The van der Waals surface area contributed by atoms with Gasteiger partial charge in [0, 0.05) is 17.0 Å². The highest BCUT2D eigenvalue weighted by molar-refractivity contribution is 7.98. The van der Waals surface area contributed by atoms with Crippen LogP contribution in [0, 0.1) is 0 Å². The molecule has 0 spiro atoms. The number of amides is 1. The Morgan fingerprint density at radius 3 is 2.73 bits per heavy atom. The summed E-state index contributed by atoms with van der Waals surface area (Å²) in [5.41, 5.74) is 8.85. The number of hydrogen-bond acceptors (Lipinski definition) is 6. The first-order valence-electron chi connectivity index (χ1n) is 8.59. The fourth-order valence-electron chi connectivity index (χ4n) is 2.69. The normalized spacial score (nSPS) is 11.0. The Bertz CT molecular complexity index is 909. The number of nitrogens with zero attached hydrogens (tertiary/aromatic N) is 2. The molecule has 7 heteroatoms. The first-order valence-corrected chi connectivity index (χ1v) is 10.6. The van der Waals surface area contributed by atoms with Gasteiger partial charge in [0.25, 0.3) is 0 Å². The molecule has 0 unspecified atom stereocenters. The zero-order chi connectivity index (χ0) is 18.5. The van der Waals surface area contributed by atoms with Crippen LogP contribution in [0.2, 0.25) is 0 Å². The van der Waals surface area contributed by atoms with Crippen molar-refractivity contribution in [1.29, 1.82) is 0 Å². The van der Waals surface area contributed by atoms with Crippen molar-refractivity contribution in [3.63, 3.8) is 0 Å². The Morgan fingerprint density at radius 1 is 1.27 bits per heavy atom. The minimum Gasteiger partial charge on any atom is -0.397 e. The predicted molar refractivity (Wildman–Crippen MR) is 111 cm³/mol. The molecule has 0 aliphatic heterocycles. The van der Waals surface area contributed by atoms with Crippen molar-refractivity contribution in [3.8, 4) is 11.3 Å². The molecule has 26 heavy (non-hydrogen) atoms. The summed E-state index contributed by atoms with van der Waals surface area (Å²) in [4.78, 5) is 23.2. The van der Waals surface area contributed by atoms with E-state index in [0.29, 0.717) is 17.4 Å². The van der Waals surface area contributed by atoms with Crippen LogP contribution in [0.4, 0.5) is 5.69 Å². The van der Waals surface area contributed by atoms with Gasteiger partial charge >= 0.3 is 0 Å². The fourth-order valence-corrected chi connectivity index (χ4v) is 4.20. The Labute approximate surface area is 161 Å². The molecule has 0 atom stereocenters. The van der Waals surface area contributed by atoms with Gasteiger partial charge in [0.05, 0.1) is 23.2 Å². The van der Waals surface area contributed by atoms with Gasteiger partial charge in [-0.25, -0.2) is 9.97 Å². The van der Waals surface area contributed by atoms with E-state index in [0.717, 1.165) is 39.2 Å². The van der Waals surface area contributed by atoms with Gasteiger partial charge in [-0.3, -0.25) is 4.79 Å². The number of nitrogens with two attached hydrogens (primary N) is 1. The summed E-state index contributed by atoms with van der Waals surface area (Å²) in [6.07, 6.45) is 4.27. The highest BCUT2D eigenvalue weighted by Crippen LogP contribution is 2.39. The summed E-state index contributed by atoms with van der Waals surface area (Å²) < 4.78 is 0. The third-order valence-electron chi connectivity index (χ3n) is 4.05. The fraction of sp³-hybridized carbons (Fsp3) is 0.316. The number of nitrogen functional groups attached to an aromatic ring is 1. The first-order chi connectivity index (χ1) is 12.6. The minimum atomic E-state index is -0.00369. The van der Waals surface area contributed by atoms with Crippen LogP contribution < -0.4 is 11.1 Å². The maximum Gasteiger partial charge on any atom is 0.225 e. The number of fused-ring (bicyclic) bond motifs is 1. The number of carbonyl (C=O) groups is 1. The molecule has 3 rings (SSSR count). The average molecular weight is 387 g/mol. The van der Waals surface area contributed by atoms with E-state index in [1.165, 1.54) is 23.1 Å². The molecular formula is C19H22N4OS2. The Balaban J connectivity index is 2.01. The van der Waals surface area contributed by atoms with Crippen molar-refractivity contribution in [2.45, 2.75) is 31.3 Å². The van der Waals surface area contributed by atoms with E-state index in [-0.39, 0.29) is 12.3 Å². The smallest absolute Gasteiger partial charge is 0.225 e. The van der Waals surface area contributed by atoms with Crippen LogP contribution in [-0.2, 0) is 11.2 Å². The zero-order valence-corrected chi connectivity index (χ0v) is 16.5. The summed E-state index contributed by atoms with van der Waals surface area (Å²) >= 11 is 2.98. The van der Waals surface area contributed by atoms with E-state index < -0.39 is 0 Å². The molecule has 0 saturated heterocycles. The predicted octanol–water partition coefficient (Wildman–Crippen LogP) is 4.12. The van der Waals surface area contributed by atoms with Gasteiger partial charge in [-0.1, -0.05) is 55.4 Å². The molecule has 5 nitrogen and oxygen atoms in total. The molecule has 1 aromatic carbocycles. The van der Waals surface area contributed by atoms with E-state index in [1.54, 1.807) is 0 Å². The summed E-state index contributed by atoms with van der Waals surface area (Å²) in [5, 5.41) is 4.49. The molecule has 3 aromatic rings. The minimum absolute atomic E-state index is 0.00369. The van der Waals surface area contributed by atoms with E-state index in [4.69, 9.17) is 5.73 Å². The highest BCUT2D eigenvalue weighted by Gasteiger charge is 2.19. The molecule has 0 aliphatic carbocycles. The first kappa shape index (κ1) is 18.7. The summed E-state index contributed by atoms with van der Waals surface area (Å²) in [7, 11) is 0. The second-order valence-electron chi connectivity index (χ2n) is 5.92. The van der Waals surface area contributed by atoms with Crippen molar-refractivity contribution >= 4 is 44.9 Å². The van der Waals surface area contributed by atoms with Crippen LogP contribution in [0.1, 0.15) is 24.6 Å². The molecule has 0 radical (unpaired) electrons. The second kappa shape index (κ2) is 8.51. The number of anilines is 1. The number of thiophene rings is 1. The molecule has 0 aliphatic rings. The van der Waals surface area contributed by atoms with E-state index in [2.05, 4.69) is 22.2 Å². The summed E-state index contributed by atoms with van der Waals surface area (Å²) in [6.45, 7) is 2.80. The third kappa shape index (κ3) is 3.99. The number of benzene rings is 1. The lowest BCUT2D eigenvalue weighted by molar-refractivity contribution is -0.120.